The summed E-state index contributed by atoms with van der Waals surface area (Å²) in [5.74, 6) is 1.92. The van der Waals surface area contributed by atoms with Crippen LogP contribution in [0.1, 0.15) is 30.1 Å². The minimum absolute atomic E-state index is 0. The van der Waals surface area contributed by atoms with Crippen molar-refractivity contribution in [1.82, 2.24) is 20.8 Å². The highest BCUT2D eigenvalue weighted by atomic mass is 127. The van der Waals surface area contributed by atoms with Gasteiger partial charge in [0, 0.05) is 23.5 Å². The molecule has 6 nitrogen and oxygen atoms in total. The first-order valence-electron chi connectivity index (χ1n) is 7.62. The molecule has 130 valence electrons. The molecule has 0 amide bonds. The van der Waals surface area contributed by atoms with Crippen LogP contribution in [0.2, 0.25) is 0 Å². The number of rotatable bonds is 5. The molecule has 0 spiro atoms. The Labute approximate surface area is 167 Å². The van der Waals surface area contributed by atoms with Crippen molar-refractivity contribution in [3.8, 4) is 0 Å². The van der Waals surface area contributed by atoms with Crippen molar-refractivity contribution in [3.63, 3.8) is 0 Å². The lowest BCUT2D eigenvalue weighted by Gasteiger charge is -2.19. The van der Waals surface area contributed by atoms with Crippen molar-refractivity contribution in [1.29, 1.82) is 0 Å². The van der Waals surface area contributed by atoms with Crippen molar-refractivity contribution >= 4 is 45.9 Å². The molecular formula is C16H21BrIN5O. The van der Waals surface area contributed by atoms with E-state index in [1.54, 1.807) is 14.0 Å². The number of hydrogen-bond acceptors (Lipinski definition) is 4. The number of aliphatic imine (C=N–C) groups is 1. The predicted octanol–water partition coefficient (Wildman–Crippen LogP) is 3.16. The number of hydrogen-bond donors (Lipinski definition) is 2. The van der Waals surface area contributed by atoms with Gasteiger partial charge in [0.25, 0.3) is 0 Å². The monoisotopic (exact) mass is 505 g/mol. The third kappa shape index (κ3) is 4.47. The van der Waals surface area contributed by atoms with E-state index in [0.29, 0.717) is 18.3 Å². The summed E-state index contributed by atoms with van der Waals surface area (Å²) in [7, 11) is 1.76. The molecule has 0 atom stereocenters. The summed E-state index contributed by atoms with van der Waals surface area (Å²) in [6, 6.07) is 8.42. The highest BCUT2D eigenvalue weighted by molar-refractivity contribution is 14.0. The second-order valence-corrected chi connectivity index (χ2v) is 6.63. The molecule has 0 radical (unpaired) electrons. The molecule has 3 rings (SSSR count). The molecule has 1 aromatic carbocycles. The Morgan fingerprint density at radius 3 is 2.67 bits per heavy atom. The number of nitrogens with zero attached hydrogens (tertiary/aromatic N) is 3. The molecule has 1 aliphatic carbocycles. The van der Waals surface area contributed by atoms with Gasteiger partial charge in [0.1, 0.15) is 0 Å². The Balaban J connectivity index is 0.00000208. The summed E-state index contributed by atoms with van der Waals surface area (Å²) in [5.41, 5.74) is 1.55. The van der Waals surface area contributed by atoms with Crippen molar-refractivity contribution < 1.29 is 4.52 Å². The quantitative estimate of drug-likeness (QED) is 0.371. The summed E-state index contributed by atoms with van der Waals surface area (Å²) in [6.07, 6.45) is 2.37. The molecule has 1 heterocycles. The number of aryl methyl sites for hydroxylation is 1. The summed E-state index contributed by atoms with van der Waals surface area (Å²) in [4.78, 5) is 8.42. The molecule has 1 saturated carbocycles. The van der Waals surface area contributed by atoms with Crippen LogP contribution >= 0.6 is 39.9 Å². The van der Waals surface area contributed by atoms with Crippen LogP contribution in [0.4, 0.5) is 0 Å². The number of guanidine groups is 1. The van der Waals surface area contributed by atoms with Gasteiger partial charge in [-0.3, -0.25) is 4.99 Å². The molecule has 8 heteroatoms. The van der Waals surface area contributed by atoms with Gasteiger partial charge >= 0.3 is 0 Å². The van der Waals surface area contributed by atoms with E-state index in [0.717, 1.165) is 12.5 Å². The largest absolute Gasteiger partial charge is 0.356 e. The average Bonchev–Trinajstić information content (AvgIpc) is 3.22. The average molecular weight is 506 g/mol. The molecule has 0 saturated heterocycles. The summed E-state index contributed by atoms with van der Waals surface area (Å²) in [5, 5.41) is 10.4. The maximum atomic E-state index is 5.09. The third-order valence-corrected chi connectivity index (χ3v) is 4.78. The maximum absolute atomic E-state index is 5.09. The van der Waals surface area contributed by atoms with E-state index in [-0.39, 0.29) is 29.4 Å². The molecule has 0 unspecified atom stereocenters. The second-order valence-electron chi connectivity index (χ2n) is 5.77. The van der Waals surface area contributed by atoms with Crippen molar-refractivity contribution in [2.75, 3.05) is 13.6 Å². The number of halogens is 2. The van der Waals surface area contributed by atoms with Gasteiger partial charge in [0.15, 0.2) is 11.8 Å². The highest BCUT2D eigenvalue weighted by Crippen LogP contribution is 2.49. The van der Waals surface area contributed by atoms with Gasteiger partial charge in [-0.25, -0.2) is 0 Å². The summed E-state index contributed by atoms with van der Waals surface area (Å²) >= 11 is 3.66. The lowest BCUT2D eigenvalue weighted by atomic mass is 9.96. The zero-order valence-corrected chi connectivity index (χ0v) is 17.6. The zero-order chi connectivity index (χ0) is 16.3. The fraction of sp³-hybridized carbons (Fsp3) is 0.438. The fourth-order valence-electron chi connectivity index (χ4n) is 2.63. The molecule has 2 N–H and O–H groups in total. The van der Waals surface area contributed by atoms with Gasteiger partial charge in [-0.2, -0.15) is 4.98 Å². The van der Waals surface area contributed by atoms with E-state index in [1.807, 2.05) is 6.07 Å². The Hall–Kier alpha value is -1.16. The normalized spacial score (nSPS) is 15.5. The van der Waals surface area contributed by atoms with Crippen LogP contribution in [0.15, 0.2) is 38.3 Å². The molecule has 2 aromatic rings. The lowest BCUT2D eigenvalue weighted by molar-refractivity contribution is 0.371. The molecule has 1 fully saturated rings. The summed E-state index contributed by atoms with van der Waals surface area (Å²) < 4.78 is 6.26. The lowest BCUT2D eigenvalue weighted by Crippen LogP contribution is -2.41. The first kappa shape index (κ1) is 19.2. The van der Waals surface area contributed by atoms with Crippen LogP contribution in [-0.2, 0) is 12.0 Å². The van der Waals surface area contributed by atoms with E-state index in [9.17, 15) is 0 Å². The molecule has 24 heavy (non-hydrogen) atoms. The summed E-state index contributed by atoms with van der Waals surface area (Å²) in [6.45, 7) is 3.11. The molecule has 1 aliphatic rings. The van der Waals surface area contributed by atoms with Crippen LogP contribution in [0.3, 0.4) is 0 Å². The molecule has 0 aliphatic heterocycles. The minimum Gasteiger partial charge on any atom is -0.356 e. The second kappa shape index (κ2) is 8.28. The zero-order valence-electron chi connectivity index (χ0n) is 13.7. The van der Waals surface area contributed by atoms with Gasteiger partial charge in [-0.15, -0.1) is 24.0 Å². The van der Waals surface area contributed by atoms with Gasteiger partial charge in [-0.1, -0.05) is 39.3 Å². The van der Waals surface area contributed by atoms with Gasteiger partial charge in [0.2, 0.25) is 5.89 Å². The smallest absolute Gasteiger partial charge is 0.246 e. The first-order valence-corrected chi connectivity index (χ1v) is 8.41. The van der Waals surface area contributed by atoms with Crippen molar-refractivity contribution in [2.45, 2.75) is 31.7 Å². The SMILES string of the molecule is CN=C(NCc1nc(C)no1)NCC1(c2ccccc2Br)CC1.I. The Kier molecular flexibility index (Phi) is 6.62. The molecule has 0 bridgehead atoms. The number of nitrogens with one attached hydrogen (secondary N) is 2. The molecule has 1 aromatic heterocycles. The number of benzene rings is 1. The van der Waals surface area contributed by atoms with E-state index < -0.39 is 0 Å². The van der Waals surface area contributed by atoms with Crippen molar-refractivity contribution in [3.05, 3.63) is 46.0 Å². The Bertz CT molecular complexity index is 714. The first-order chi connectivity index (χ1) is 11.1. The van der Waals surface area contributed by atoms with Crippen molar-refractivity contribution in [2.24, 2.45) is 4.99 Å². The number of aromatic nitrogens is 2. The van der Waals surface area contributed by atoms with Gasteiger partial charge in [0.05, 0.1) is 6.54 Å². The topological polar surface area (TPSA) is 75.3 Å². The fourth-order valence-corrected chi connectivity index (χ4v) is 3.33. The van der Waals surface area contributed by atoms with Crippen LogP contribution < -0.4 is 10.6 Å². The van der Waals surface area contributed by atoms with Gasteiger partial charge in [-0.05, 0) is 31.4 Å². The van der Waals surface area contributed by atoms with E-state index in [2.05, 4.69) is 59.9 Å². The van der Waals surface area contributed by atoms with Crippen LogP contribution in [-0.4, -0.2) is 29.7 Å². The standard InChI is InChI=1S/C16H20BrN5O.HI/c1-11-21-14(23-22-11)9-19-15(18-2)20-10-16(7-8-16)12-5-3-4-6-13(12)17;/h3-6H,7-10H2,1-2H3,(H2,18,19,20);1H. The minimum atomic E-state index is 0. The Morgan fingerprint density at radius 1 is 1.33 bits per heavy atom. The third-order valence-electron chi connectivity index (χ3n) is 4.09. The van der Waals surface area contributed by atoms with Crippen LogP contribution in [0.5, 0.6) is 0 Å². The van der Waals surface area contributed by atoms with Gasteiger partial charge < -0.3 is 15.2 Å². The van der Waals surface area contributed by atoms with Crippen LogP contribution in [0, 0.1) is 6.92 Å². The molecular weight excluding hydrogens is 485 g/mol. The predicted molar refractivity (Wildman–Crippen MR) is 108 cm³/mol. The van der Waals surface area contributed by atoms with Crippen LogP contribution in [0.25, 0.3) is 0 Å². The highest BCUT2D eigenvalue weighted by Gasteiger charge is 2.45. The van der Waals surface area contributed by atoms with E-state index >= 15 is 0 Å². The Morgan fingerprint density at radius 2 is 2.08 bits per heavy atom. The van der Waals surface area contributed by atoms with E-state index in [4.69, 9.17) is 4.52 Å². The van der Waals surface area contributed by atoms with E-state index in [1.165, 1.54) is 22.9 Å². The maximum Gasteiger partial charge on any atom is 0.246 e.